The number of rotatable bonds is 3. The minimum absolute atomic E-state index is 0.00238. The molecule has 1 aliphatic rings. The van der Waals surface area contributed by atoms with Crippen LogP contribution in [-0.2, 0) is 4.79 Å². The zero-order chi connectivity index (χ0) is 14.8. The lowest BCUT2D eigenvalue weighted by atomic mass is 9.90. The SMILES string of the molecule is CN(C)c1c(Cl)cccc1NC(=O)C1(C)CCCCN1. The van der Waals surface area contributed by atoms with Crippen LogP contribution in [0.3, 0.4) is 0 Å². The fourth-order valence-electron chi connectivity index (χ4n) is 2.58. The highest BCUT2D eigenvalue weighted by Crippen LogP contribution is 2.33. The Bertz CT molecular complexity index is 496. The molecule has 0 radical (unpaired) electrons. The zero-order valence-corrected chi connectivity index (χ0v) is 13.0. The van der Waals surface area contributed by atoms with Crippen LogP contribution in [0.2, 0.25) is 5.02 Å². The van der Waals surface area contributed by atoms with Gasteiger partial charge in [0.1, 0.15) is 0 Å². The molecule has 1 fully saturated rings. The van der Waals surface area contributed by atoms with Crippen molar-refractivity contribution in [2.75, 3.05) is 30.9 Å². The van der Waals surface area contributed by atoms with Gasteiger partial charge in [-0.05, 0) is 44.9 Å². The number of anilines is 2. The maximum absolute atomic E-state index is 12.5. The Morgan fingerprint density at radius 2 is 2.15 bits per heavy atom. The van der Waals surface area contributed by atoms with Crippen molar-refractivity contribution in [1.82, 2.24) is 5.32 Å². The molecule has 0 spiro atoms. The Morgan fingerprint density at radius 3 is 2.75 bits per heavy atom. The van der Waals surface area contributed by atoms with Crippen molar-refractivity contribution in [1.29, 1.82) is 0 Å². The van der Waals surface area contributed by atoms with Crippen molar-refractivity contribution in [3.05, 3.63) is 23.2 Å². The fourth-order valence-corrected chi connectivity index (χ4v) is 2.92. The molecule has 1 amide bonds. The van der Waals surface area contributed by atoms with Crippen molar-refractivity contribution in [3.63, 3.8) is 0 Å². The van der Waals surface area contributed by atoms with Crippen LogP contribution >= 0.6 is 11.6 Å². The second-order valence-corrected chi connectivity index (χ2v) is 6.11. The van der Waals surface area contributed by atoms with Gasteiger partial charge in [0.2, 0.25) is 5.91 Å². The predicted octanol–water partition coefficient (Wildman–Crippen LogP) is 2.88. The van der Waals surface area contributed by atoms with Crippen LogP contribution in [0, 0.1) is 0 Å². The molecule has 1 aromatic carbocycles. The molecular weight excluding hydrogens is 274 g/mol. The number of carbonyl (C=O) groups excluding carboxylic acids is 1. The highest BCUT2D eigenvalue weighted by molar-refractivity contribution is 6.34. The van der Waals surface area contributed by atoms with Crippen LogP contribution in [0.4, 0.5) is 11.4 Å². The summed E-state index contributed by atoms with van der Waals surface area (Å²) in [5, 5.41) is 6.97. The minimum atomic E-state index is -0.496. The molecule has 5 heteroatoms. The van der Waals surface area contributed by atoms with Gasteiger partial charge in [-0.1, -0.05) is 17.7 Å². The number of para-hydroxylation sites is 1. The Hall–Kier alpha value is -1.26. The summed E-state index contributed by atoms with van der Waals surface area (Å²) < 4.78 is 0. The summed E-state index contributed by atoms with van der Waals surface area (Å²) in [5.41, 5.74) is 1.09. The molecule has 1 aromatic rings. The molecular formula is C15H22ClN3O. The fraction of sp³-hybridized carbons (Fsp3) is 0.533. The maximum atomic E-state index is 12.5. The Morgan fingerprint density at radius 1 is 1.40 bits per heavy atom. The van der Waals surface area contributed by atoms with Crippen LogP contribution in [0.1, 0.15) is 26.2 Å². The van der Waals surface area contributed by atoms with E-state index in [0.717, 1.165) is 37.2 Å². The van der Waals surface area contributed by atoms with Crippen LogP contribution in [-0.4, -0.2) is 32.1 Å². The Balaban J connectivity index is 2.21. The van der Waals surface area contributed by atoms with E-state index in [9.17, 15) is 4.79 Å². The van der Waals surface area contributed by atoms with Crippen LogP contribution in [0.25, 0.3) is 0 Å². The van der Waals surface area contributed by atoms with Crippen molar-refractivity contribution < 1.29 is 4.79 Å². The van der Waals surface area contributed by atoms with E-state index < -0.39 is 5.54 Å². The number of nitrogens with one attached hydrogen (secondary N) is 2. The van der Waals surface area contributed by atoms with Gasteiger partial charge in [0.05, 0.1) is 21.9 Å². The number of hydrogen-bond donors (Lipinski definition) is 2. The first-order valence-electron chi connectivity index (χ1n) is 6.96. The summed E-state index contributed by atoms with van der Waals surface area (Å²) in [6.45, 7) is 2.85. The minimum Gasteiger partial charge on any atom is -0.375 e. The van der Waals surface area contributed by atoms with Gasteiger partial charge in [0, 0.05) is 14.1 Å². The molecule has 2 N–H and O–H groups in total. The monoisotopic (exact) mass is 295 g/mol. The van der Waals surface area contributed by atoms with E-state index in [2.05, 4.69) is 10.6 Å². The van der Waals surface area contributed by atoms with Gasteiger partial charge >= 0.3 is 0 Å². The first-order chi connectivity index (χ1) is 9.44. The number of amides is 1. The average Bonchev–Trinajstić information content (AvgIpc) is 2.39. The standard InChI is InChI=1S/C15H22ClN3O/c1-15(9-4-5-10-17-15)14(20)18-12-8-6-7-11(16)13(12)19(2)3/h6-8,17H,4-5,9-10H2,1-3H3,(H,18,20). The summed E-state index contributed by atoms with van der Waals surface area (Å²) in [6.07, 6.45) is 3.06. The number of nitrogens with zero attached hydrogens (tertiary/aromatic N) is 1. The molecule has 20 heavy (non-hydrogen) atoms. The quantitative estimate of drug-likeness (QED) is 0.901. The second-order valence-electron chi connectivity index (χ2n) is 5.70. The molecule has 1 heterocycles. The van der Waals surface area contributed by atoms with Crippen molar-refractivity contribution in [2.24, 2.45) is 0 Å². The molecule has 110 valence electrons. The normalized spacial score (nSPS) is 22.4. The number of halogens is 1. The van der Waals surface area contributed by atoms with E-state index in [1.165, 1.54) is 0 Å². The lowest BCUT2D eigenvalue weighted by Gasteiger charge is -2.34. The highest BCUT2D eigenvalue weighted by Gasteiger charge is 2.34. The van der Waals surface area contributed by atoms with Gasteiger partial charge in [-0.15, -0.1) is 0 Å². The Labute approximate surface area is 125 Å². The highest BCUT2D eigenvalue weighted by atomic mass is 35.5. The van der Waals surface area contributed by atoms with Gasteiger partial charge in [0.15, 0.2) is 0 Å². The summed E-state index contributed by atoms with van der Waals surface area (Å²) in [5.74, 6) is 0.00238. The van der Waals surface area contributed by atoms with Crippen molar-refractivity contribution in [2.45, 2.75) is 31.7 Å². The average molecular weight is 296 g/mol. The van der Waals surface area contributed by atoms with Gasteiger partial charge in [-0.25, -0.2) is 0 Å². The van der Waals surface area contributed by atoms with E-state index in [0.29, 0.717) is 5.02 Å². The largest absolute Gasteiger partial charge is 0.375 e. The third-order valence-electron chi connectivity index (χ3n) is 3.80. The molecule has 1 aliphatic heterocycles. The van der Waals surface area contributed by atoms with Gasteiger partial charge < -0.3 is 15.5 Å². The molecule has 1 unspecified atom stereocenters. The predicted molar refractivity (Wildman–Crippen MR) is 84.7 cm³/mol. The molecule has 4 nitrogen and oxygen atoms in total. The van der Waals surface area contributed by atoms with E-state index in [-0.39, 0.29) is 5.91 Å². The van der Waals surface area contributed by atoms with Gasteiger partial charge in [-0.3, -0.25) is 4.79 Å². The molecule has 0 bridgehead atoms. The molecule has 1 atom stereocenters. The second kappa shape index (κ2) is 6.02. The third-order valence-corrected chi connectivity index (χ3v) is 4.11. The maximum Gasteiger partial charge on any atom is 0.244 e. The van der Waals surface area contributed by atoms with E-state index in [1.54, 1.807) is 0 Å². The van der Waals surface area contributed by atoms with Crippen molar-refractivity contribution in [3.8, 4) is 0 Å². The van der Waals surface area contributed by atoms with E-state index >= 15 is 0 Å². The first-order valence-corrected chi connectivity index (χ1v) is 7.34. The number of carbonyl (C=O) groups is 1. The first kappa shape index (κ1) is 15.1. The zero-order valence-electron chi connectivity index (χ0n) is 12.3. The summed E-state index contributed by atoms with van der Waals surface area (Å²) in [4.78, 5) is 14.5. The van der Waals surface area contributed by atoms with E-state index in [1.807, 2.05) is 44.1 Å². The summed E-state index contributed by atoms with van der Waals surface area (Å²) >= 11 is 6.22. The van der Waals surface area contributed by atoms with Crippen LogP contribution in [0.5, 0.6) is 0 Å². The topological polar surface area (TPSA) is 44.4 Å². The molecule has 2 rings (SSSR count). The molecule has 1 saturated heterocycles. The van der Waals surface area contributed by atoms with Crippen LogP contribution < -0.4 is 15.5 Å². The molecule has 0 aromatic heterocycles. The summed E-state index contributed by atoms with van der Waals surface area (Å²) in [6, 6.07) is 5.56. The van der Waals surface area contributed by atoms with Crippen molar-refractivity contribution >= 4 is 28.9 Å². The van der Waals surface area contributed by atoms with E-state index in [4.69, 9.17) is 11.6 Å². The van der Waals surface area contributed by atoms with Gasteiger partial charge in [0.25, 0.3) is 0 Å². The molecule has 0 aliphatic carbocycles. The number of hydrogen-bond acceptors (Lipinski definition) is 3. The number of benzene rings is 1. The molecule has 0 saturated carbocycles. The Kier molecular flexibility index (Phi) is 4.55. The van der Waals surface area contributed by atoms with Gasteiger partial charge in [-0.2, -0.15) is 0 Å². The summed E-state index contributed by atoms with van der Waals surface area (Å²) in [7, 11) is 3.83. The lowest BCUT2D eigenvalue weighted by molar-refractivity contribution is -0.122. The third kappa shape index (κ3) is 3.07. The smallest absolute Gasteiger partial charge is 0.244 e. The number of piperidine rings is 1. The van der Waals surface area contributed by atoms with Crippen LogP contribution in [0.15, 0.2) is 18.2 Å². The lowest BCUT2D eigenvalue weighted by Crippen LogP contribution is -2.54.